The molecule has 3 aromatic heterocycles. The van der Waals surface area contributed by atoms with Gasteiger partial charge >= 0.3 is 12.1 Å². The summed E-state index contributed by atoms with van der Waals surface area (Å²) in [6.07, 6.45) is 4.60. The van der Waals surface area contributed by atoms with Crippen molar-refractivity contribution in [2.24, 2.45) is 0 Å². The summed E-state index contributed by atoms with van der Waals surface area (Å²) < 4.78 is 19.2. The fourth-order valence-electron chi connectivity index (χ4n) is 6.43. The predicted molar refractivity (Wildman–Crippen MR) is 199 cm³/mol. The van der Waals surface area contributed by atoms with Crippen LogP contribution in [0.15, 0.2) is 79.1 Å². The Labute approximate surface area is 298 Å². The Morgan fingerprint density at radius 1 is 0.961 bits per heavy atom. The number of hydrogen-bond donors (Lipinski definition) is 3. The van der Waals surface area contributed by atoms with Crippen LogP contribution in [0.2, 0.25) is 5.04 Å². The van der Waals surface area contributed by atoms with Crippen LogP contribution in [0.5, 0.6) is 5.75 Å². The molecule has 0 aliphatic carbocycles. The van der Waals surface area contributed by atoms with Gasteiger partial charge in [0.2, 0.25) is 5.95 Å². The van der Waals surface area contributed by atoms with Crippen molar-refractivity contribution in [3.8, 4) is 5.75 Å². The van der Waals surface area contributed by atoms with Crippen LogP contribution in [0.4, 0.5) is 16.6 Å². The van der Waals surface area contributed by atoms with Crippen LogP contribution < -0.4 is 25.7 Å². The molecule has 5 rings (SSSR count). The number of carboxylic acid groups (broad SMARTS) is 1. The number of carbonyl (C=O) groups excluding carboxylic acids is 1. The smallest absolute Gasteiger partial charge is 0.413 e. The van der Waals surface area contributed by atoms with Gasteiger partial charge in [0.25, 0.3) is 8.32 Å². The van der Waals surface area contributed by atoms with Gasteiger partial charge in [-0.2, -0.15) is 10.1 Å². The van der Waals surface area contributed by atoms with Gasteiger partial charge in [-0.1, -0.05) is 94.8 Å². The summed E-state index contributed by atoms with van der Waals surface area (Å²) in [4.78, 5) is 37.1. The summed E-state index contributed by atoms with van der Waals surface area (Å²) >= 11 is 0. The first kappa shape index (κ1) is 36.9. The summed E-state index contributed by atoms with van der Waals surface area (Å²) in [5, 5.41) is 22.6. The third-order valence-electron chi connectivity index (χ3n) is 8.77. The van der Waals surface area contributed by atoms with Crippen molar-refractivity contribution in [1.82, 2.24) is 24.7 Å². The van der Waals surface area contributed by atoms with Gasteiger partial charge < -0.3 is 24.3 Å². The van der Waals surface area contributed by atoms with E-state index in [9.17, 15) is 14.7 Å². The van der Waals surface area contributed by atoms with Gasteiger partial charge in [0.1, 0.15) is 22.5 Å². The Bertz CT molecular complexity index is 1910. The first-order valence-corrected chi connectivity index (χ1v) is 18.8. The molecule has 2 aromatic carbocycles. The number of nitrogens with one attached hydrogen (secondary N) is 2. The van der Waals surface area contributed by atoms with Gasteiger partial charge in [-0.3, -0.25) is 10.00 Å². The SMILES string of the molecule is CCC[C@@H](CCO[Si](c1ccccc1)(c1ccccc1)C(C)(C)C)Nc1nc(NC(=O)OC)nc2cnn(Cc3cc(C(=O)O)ncc3OC)c12. The maximum atomic E-state index is 12.2. The summed E-state index contributed by atoms with van der Waals surface area (Å²) in [5.74, 6) is -0.257. The molecule has 0 radical (unpaired) electrons. The average Bonchev–Trinajstić information content (AvgIpc) is 3.52. The maximum Gasteiger partial charge on any atom is 0.413 e. The lowest BCUT2D eigenvalue weighted by Crippen LogP contribution is -2.66. The van der Waals surface area contributed by atoms with E-state index in [1.54, 1.807) is 10.9 Å². The molecular weight excluding hydrogens is 667 g/mol. The quantitative estimate of drug-likeness (QED) is 0.114. The van der Waals surface area contributed by atoms with E-state index in [1.165, 1.54) is 36.9 Å². The standard InChI is InChI=1S/C37H45N7O6Si/c1-7-14-26(19-20-50-51(37(2,3)4,27-15-10-8-11-16-27)28-17-12-9-13-18-28)40-33-32-30(41-35(42-33)43-36(47)49-6)22-39-44(32)24-25-21-29(34(45)46)38-23-31(25)48-5/h8-13,15-18,21-23,26H,7,14,19-20,24H2,1-6H3,(H,45,46)(H2,40,41,42,43,47)/t26-/m0/s1. The van der Waals surface area contributed by atoms with Crippen LogP contribution in [-0.4, -0.2) is 77.1 Å². The number of rotatable bonds is 15. The second kappa shape index (κ2) is 16.1. The molecular formula is C37H45N7O6Si. The first-order chi connectivity index (χ1) is 24.5. The van der Waals surface area contributed by atoms with Gasteiger partial charge in [-0.25, -0.2) is 19.6 Å². The van der Waals surface area contributed by atoms with Crippen LogP contribution in [0.3, 0.4) is 0 Å². The molecule has 0 saturated carbocycles. The van der Waals surface area contributed by atoms with Crippen molar-refractivity contribution < 1.29 is 28.6 Å². The third-order valence-corrected chi connectivity index (χ3v) is 13.8. The fraction of sp³-hybridized carbons (Fsp3) is 0.351. The van der Waals surface area contributed by atoms with E-state index < -0.39 is 20.4 Å². The van der Waals surface area contributed by atoms with Gasteiger partial charge in [0, 0.05) is 18.2 Å². The van der Waals surface area contributed by atoms with Crippen molar-refractivity contribution in [1.29, 1.82) is 0 Å². The van der Waals surface area contributed by atoms with Crippen LogP contribution in [0, 0.1) is 0 Å². The van der Waals surface area contributed by atoms with Crippen molar-refractivity contribution in [2.45, 2.75) is 64.6 Å². The molecule has 0 unspecified atom stereocenters. The number of benzene rings is 2. The van der Waals surface area contributed by atoms with E-state index >= 15 is 0 Å². The van der Waals surface area contributed by atoms with E-state index in [1.807, 2.05) is 12.1 Å². The molecule has 268 valence electrons. The lowest BCUT2D eigenvalue weighted by molar-refractivity contribution is 0.0690. The van der Waals surface area contributed by atoms with Gasteiger partial charge in [-0.05, 0) is 34.3 Å². The van der Waals surface area contributed by atoms with Gasteiger partial charge in [0.15, 0.2) is 5.82 Å². The molecule has 0 bridgehead atoms. The van der Waals surface area contributed by atoms with Crippen molar-refractivity contribution >= 4 is 53.6 Å². The van der Waals surface area contributed by atoms with E-state index in [4.69, 9.17) is 18.9 Å². The number of amides is 1. The van der Waals surface area contributed by atoms with Crippen molar-refractivity contribution in [3.63, 3.8) is 0 Å². The lowest BCUT2D eigenvalue weighted by Gasteiger charge is -2.43. The second-order valence-corrected chi connectivity index (χ2v) is 17.5. The topological polar surface area (TPSA) is 163 Å². The summed E-state index contributed by atoms with van der Waals surface area (Å²) in [6.45, 7) is 9.52. The fourth-order valence-corrected chi connectivity index (χ4v) is 11.0. The minimum absolute atomic E-state index is 0.0462. The number of hydrogen-bond acceptors (Lipinski definition) is 10. The monoisotopic (exact) mass is 711 g/mol. The molecule has 0 fully saturated rings. The number of nitrogens with zero attached hydrogens (tertiary/aromatic N) is 5. The van der Waals surface area contributed by atoms with Crippen LogP contribution in [0.25, 0.3) is 11.0 Å². The van der Waals surface area contributed by atoms with E-state index in [-0.39, 0.29) is 29.3 Å². The average molecular weight is 712 g/mol. The Morgan fingerprint density at radius 2 is 1.63 bits per heavy atom. The number of pyridine rings is 1. The molecule has 1 atom stereocenters. The minimum atomic E-state index is -2.76. The molecule has 0 aliphatic heterocycles. The number of fused-ring (bicyclic) bond motifs is 1. The first-order valence-electron chi connectivity index (χ1n) is 16.9. The van der Waals surface area contributed by atoms with Crippen LogP contribution in [0.1, 0.15) is 63.0 Å². The van der Waals surface area contributed by atoms with E-state index in [0.29, 0.717) is 41.2 Å². The highest BCUT2D eigenvalue weighted by Gasteiger charge is 2.50. The Kier molecular flexibility index (Phi) is 11.7. The number of carboxylic acids is 1. The zero-order chi connectivity index (χ0) is 36.6. The molecule has 14 heteroatoms. The predicted octanol–water partition coefficient (Wildman–Crippen LogP) is 5.70. The summed E-state index contributed by atoms with van der Waals surface area (Å²) in [6, 6.07) is 22.5. The van der Waals surface area contributed by atoms with E-state index in [0.717, 1.165) is 12.8 Å². The number of anilines is 2. The van der Waals surface area contributed by atoms with Gasteiger partial charge in [-0.15, -0.1) is 0 Å². The molecule has 1 amide bonds. The highest BCUT2D eigenvalue weighted by molar-refractivity contribution is 6.99. The molecule has 5 aromatic rings. The van der Waals surface area contributed by atoms with Crippen LogP contribution >= 0.6 is 0 Å². The molecule has 3 heterocycles. The zero-order valence-electron chi connectivity index (χ0n) is 29.8. The number of ether oxygens (including phenoxy) is 2. The molecule has 13 nitrogen and oxygen atoms in total. The van der Waals surface area contributed by atoms with E-state index in [2.05, 4.69) is 102 Å². The normalized spacial score (nSPS) is 12.4. The second-order valence-electron chi connectivity index (χ2n) is 13.2. The Balaban J connectivity index is 1.50. The number of carbonyl (C=O) groups is 2. The Morgan fingerprint density at radius 3 is 2.20 bits per heavy atom. The molecule has 0 spiro atoms. The van der Waals surface area contributed by atoms with Crippen molar-refractivity contribution in [2.75, 3.05) is 31.5 Å². The lowest BCUT2D eigenvalue weighted by atomic mass is 10.1. The molecule has 3 N–H and O–H groups in total. The Hall–Kier alpha value is -5.34. The summed E-state index contributed by atoms with van der Waals surface area (Å²) in [7, 11) is 0.00138. The maximum absolute atomic E-state index is 12.2. The number of methoxy groups -OCH3 is 2. The third kappa shape index (κ3) is 8.18. The minimum Gasteiger partial charge on any atom is -0.495 e. The molecule has 0 saturated heterocycles. The largest absolute Gasteiger partial charge is 0.495 e. The van der Waals surface area contributed by atoms with Crippen LogP contribution in [-0.2, 0) is 15.7 Å². The molecule has 51 heavy (non-hydrogen) atoms. The molecule has 0 aliphatic rings. The van der Waals surface area contributed by atoms with Crippen molar-refractivity contribution in [3.05, 3.63) is 90.4 Å². The summed E-state index contributed by atoms with van der Waals surface area (Å²) in [5.41, 5.74) is 1.46. The highest BCUT2D eigenvalue weighted by atomic mass is 28.4. The van der Waals surface area contributed by atoms with Gasteiger partial charge in [0.05, 0.1) is 33.2 Å². The number of aromatic carboxylic acids is 1. The number of aromatic nitrogens is 5. The highest BCUT2D eigenvalue weighted by Crippen LogP contribution is 2.37. The zero-order valence-corrected chi connectivity index (χ0v) is 30.8.